The van der Waals surface area contributed by atoms with Gasteiger partial charge >= 0.3 is 0 Å². The van der Waals surface area contributed by atoms with E-state index in [0.717, 1.165) is 16.9 Å². The number of carbonyl (C=O) groups is 1. The molecule has 0 N–H and O–H groups in total. The van der Waals surface area contributed by atoms with Crippen LogP contribution >= 0.6 is 0 Å². The van der Waals surface area contributed by atoms with Gasteiger partial charge in [0.25, 0.3) is 5.91 Å². The van der Waals surface area contributed by atoms with Crippen molar-refractivity contribution in [3.8, 4) is 5.75 Å². The molecule has 1 aliphatic heterocycles. The molecule has 0 unspecified atom stereocenters. The first kappa shape index (κ1) is 11.7. The van der Waals surface area contributed by atoms with Gasteiger partial charge in [0, 0.05) is 6.20 Å². The molecule has 3 rings (SSSR count). The molecule has 0 radical (unpaired) electrons. The average molecular weight is 254 g/mol. The number of carbonyl (C=O) groups excluding carboxylic acids is 1. The highest BCUT2D eigenvalue weighted by atomic mass is 16.5. The van der Waals surface area contributed by atoms with Crippen LogP contribution in [0.3, 0.4) is 0 Å². The number of nitrogens with zero attached hydrogens (tertiary/aromatic N) is 2. The fourth-order valence-electron chi connectivity index (χ4n) is 2.33. The quantitative estimate of drug-likeness (QED) is 0.827. The zero-order chi connectivity index (χ0) is 13.4. The van der Waals surface area contributed by atoms with E-state index in [4.69, 9.17) is 4.74 Å². The summed E-state index contributed by atoms with van der Waals surface area (Å²) in [5, 5.41) is 0. The van der Waals surface area contributed by atoms with Gasteiger partial charge in [-0.15, -0.1) is 0 Å². The highest BCUT2D eigenvalue weighted by Gasteiger charge is 2.30. The van der Waals surface area contributed by atoms with Gasteiger partial charge in [-0.25, -0.2) is 0 Å². The minimum Gasteiger partial charge on any atom is -0.495 e. The molecule has 0 fully saturated rings. The summed E-state index contributed by atoms with van der Waals surface area (Å²) in [6.07, 6.45) is 1.71. The van der Waals surface area contributed by atoms with Gasteiger partial charge in [-0.3, -0.25) is 14.7 Å². The van der Waals surface area contributed by atoms with E-state index < -0.39 is 0 Å². The number of aryl methyl sites for hydroxylation is 1. The molecule has 0 saturated carbocycles. The summed E-state index contributed by atoms with van der Waals surface area (Å²) in [5.74, 6) is 0.679. The number of hydrogen-bond donors (Lipinski definition) is 0. The molecular formula is C15H14N2O2. The Kier molecular flexibility index (Phi) is 2.71. The summed E-state index contributed by atoms with van der Waals surface area (Å²) in [5.41, 5.74) is 3.38. The van der Waals surface area contributed by atoms with Crippen molar-refractivity contribution in [2.24, 2.45) is 0 Å². The number of benzene rings is 1. The van der Waals surface area contributed by atoms with Crippen LogP contribution in [0.2, 0.25) is 0 Å². The van der Waals surface area contributed by atoms with Gasteiger partial charge in [-0.05, 0) is 36.8 Å². The number of pyridine rings is 1. The Hall–Kier alpha value is -2.36. The summed E-state index contributed by atoms with van der Waals surface area (Å²) >= 11 is 0. The van der Waals surface area contributed by atoms with Crippen LogP contribution in [0.15, 0.2) is 36.5 Å². The molecule has 19 heavy (non-hydrogen) atoms. The van der Waals surface area contributed by atoms with Crippen molar-refractivity contribution in [3.05, 3.63) is 53.3 Å². The number of fused-ring (bicyclic) bond motifs is 1. The molecule has 0 aliphatic carbocycles. The Labute approximate surface area is 111 Å². The van der Waals surface area contributed by atoms with Crippen molar-refractivity contribution in [2.75, 3.05) is 12.0 Å². The van der Waals surface area contributed by atoms with Crippen LogP contribution in [0.1, 0.15) is 21.6 Å². The Morgan fingerprint density at radius 3 is 2.89 bits per heavy atom. The lowest BCUT2D eigenvalue weighted by Crippen LogP contribution is -2.23. The summed E-state index contributed by atoms with van der Waals surface area (Å²) in [4.78, 5) is 18.4. The number of hydrogen-bond acceptors (Lipinski definition) is 3. The maximum Gasteiger partial charge on any atom is 0.260 e. The number of rotatable bonds is 2. The molecule has 1 amide bonds. The first-order chi connectivity index (χ1) is 9.20. The topological polar surface area (TPSA) is 42.4 Å². The van der Waals surface area contributed by atoms with Gasteiger partial charge in [0.05, 0.1) is 30.6 Å². The Bertz CT molecular complexity index is 652. The van der Waals surface area contributed by atoms with E-state index >= 15 is 0 Å². The van der Waals surface area contributed by atoms with Crippen molar-refractivity contribution in [1.29, 1.82) is 0 Å². The molecule has 2 heterocycles. The van der Waals surface area contributed by atoms with Crippen molar-refractivity contribution in [3.63, 3.8) is 0 Å². The molecule has 1 aromatic heterocycles. The predicted molar refractivity (Wildman–Crippen MR) is 72.5 cm³/mol. The monoisotopic (exact) mass is 254 g/mol. The standard InChI is InChI=1S/C15H14N2O2/c1-10-5-6-14(19-2)13(8-10)17-9-12-11(15(17)18)4-3-7-16-12/h3-8H,9H2,1-2H3. The summed E-state index contributed by atoms with van der Waals surface area (Å²) in [6.45, 7) is 2.49. The fraction of sp³-hybridized carbons (Fsp3) is 0.200. The average Bonchev–Trinajstić information content (AvgIpc) is 2.76. The van der Waals surface area contributed by atoms with Gasteiger partial charge in [0.1, 0.15) is 5.75 Å². The zero-order valence-electron chi connectivity index (χ0n) is 10.9. The molecule has 2 aromatic rings. The summed E-state index contributed by atoms with van der Waals surface area (Å²) < 4.78 is 5.35. The highest BCUT2D eigenvalue weighted by Crippen LogP contribution is 2.34. The molecule has 0 spiro atoms. The van der Waals surface area contributed by atoms with Gasteiger partial charge < -0.3 is 4.74 Å². The van der Waals surface area contributed by atoms with Crippen LogP contribution in [0.4, 0.5) is 5.69 Å². The third-order valence-corrected chi connectivity index (χ3v) is 3.30. The minimum absolute atomic E-state index is 0.0213. The second-order valence-corrected chi connectivity index (χ2v) is 4.56. The third-order valence-electron chi connectivity index (χ3n) is 3.30. The van der Waals surface area contributed by atoms with Crippen LogP contribution in [0, 0.1) is 6.92 Å². The molecule has 1 aliphatic rings. The Morgan fingerprint density at radius 2 is 2.16 bits per heavy atom. The lowest BCUT2D eigenvalue weighted by molar-refractivity contribution is 0.0996. The van der Waals surface area contributed by atoms with Crippen LogP contribution in [0.25, 0.3) is 0 Å². The maximum absolute atomic E-state index is 12.4. The van der Waals surface area contributed by atoms with Crippen molar-refractivity contribution >= 4 is 11.6 Å². The Morgan fingerprint density at radius 1 is 1.32 bits per heavy atom. The molecular weight excluding hydrogens is 240 g/mol. The van der Waals surface area contributed by atoms with E-state index in [0.29, 0.717) is 17.9 Å². The largest absolute Gasteiger partial charge is 0.495 e. The number of amides is 1. The number of ether oxygens (including phenoxy) is 1. The van der Waals surface area contributed by atoms with Crippen LogP contribution in [0.5, 0.6) is 5.75 Å². The molecule has 4 nitrogen and oxygen atoms in total. The van der Waals surface area contributed by atoms with Crippen molar-refractivity contribution < 1.29 is 9.53 Å². The lowest BCUT2D eigenvalue weighted by Gasteiger charge is -2.19. The molecule has 4 heteroatoms. The van der Waals surface area contributed by atoms with E-state index in [9.17, 15) is 4.79 Å². The molecule has 1 aromatic carbocycles. The number of aromatic nitrogens is 1. The predicted octanol–water partition coefficient (Wildman–Crippen LogP) is 2.56. The highest BCUT2D eigenvalue weighted by molar-refractivity contribution is 6.10. The summed E-state index contributed by atoms with van der Waals surface area (Å²) in [7, 11) is 1.61. The van der Waals surface area contributed by atoms with Crippen LogP contribution in [-0.2, 0) is 6.54 Å². The zero-order valence-corrected chi connectivity index (χ0v) is 10.9. The van der Waals surface area contributed by atoms with E-state index in [1.807, 2.05) is 31.2 Å². The van der Waals surface area contributed by atoms with E-state index in [1.54, 1.807) is 24.3 Å². The normalized spacial score (nSPS) is 13.6. The SMILES string of the molecule is COc1ccc(C)cc1N1Cc2ncccc2C1=O. The van der Waals surface area contributed by atoms with Gasteiger partial charge in [-0.1, -0.05) is 6.07 Å². The van der Waals surface area contributed by atoms with Crippen molar-refractivity contribution in [1.82, 2.24) is 4.98 Å². The van der Waals surface area contributed by atoms with E-state index in [-0.39, 0.29) is 5.91 Å². The minimum atomic E-state index is -0.0213. The van der Waals surface area contributed by atoms with E-state index in [2.05, 4.69) is 4.98 Å². The maximum atomic E-state index is 12.4. The molecule has 0 atom stereocenters. The number of methoxy groups -OCH3 is 1. The summed E-state index contributed by atoms with van der Waals surface area (Å²) in [6, 6.07) is 9.41. The van der Waals surface area contributed by atoms with Gasteiger partial charge in [0.2, 0.25) is 0 Å². The molecule has 0 saturated heterocycles. The van der Waals surface area contributed by atoms with Crippen LogP contribution < -0.4 is 9.64 Å². The van der Waals surface area contributed by atoms with Crippen molar-refractivity contribution in [2.45, 2.75) is 13.5 Å². The molecule has 0 bridgehead atoms. The second-order valence-electron chi connectivity index (χ2n) is 4.56. The smallest absolute Gasteiger partial charge is 0.260 e. The van der Waals surface area contributed by atoms with Gasteiger partial charge in [-0.2, -0.15) is 0 Å². The first-order valence-corrected chi connectivity index (χ1v) is 6.11. The Balaban J connectivity index is 2.06. The lowest BCUT2D eigenvalue weighted by atomic mass is 10.2. The second kappa shape index (κ2) is 4.39. The third kappa shape index (κ3) is 1.85. The molecule has 96 valence electrons. The van der Waals surface area contributed by atoms with Gasteiger partial charge in [0.15, 0.2) is 0 Å². The van der Waals surface area contributed by atoms with Crippen LogP contribution in [-0.4, -0.2) is 18.0 Å². The first-order valence-electron chi connectivity index (χ1n) is 6.11. The van der Waals surface area contributed by atoms with E-state index in [1.165, 1.54) is 0 Å². The fourth-order valence-corrected chi connectivity index (χ4v) is 2.33. The number of anilines is 1.